The molecule has 0 saturated carbocycles. The Hall–Kier alpha value is -1.93. The summed E-state index contributed by atoms with van der Waals surface area (Å²) in [5.41, 5.74) is 5.20. The zero-order chi connectivity index (χ0) is 14.0. The molecule has 0 fully saturated rings. The van der Waals surface area contributed by atoms with Crippen LogP contribution in [0.15, 0.2) is 33.8 Å². The van der Waals surface area contributed by atoms with Crippen LogP contribution in [0.25, 0.3) is 0 Å². The molecular weight excluding hydrogens is 273 g/mol. The van der Waals surface area contributed by atoms with Gasteiger partial charge in [-0.15, -0.1) is 0 Å². The predicted molar refractivity (Wildman–Crippen MR) is 66.3 cm³/mol. The fourth-order valence-electron chi connectivity index (χ4n) is 1.55. The third-order valence-corrected chi connectivity index (χ3v) is 3.90. The van der Waals surface area contributed by atoms with Gasteiger partial charge in [-0.3, -0.25) is 9.71 Å². The third-order valence-electron chi connectivity index (χ3n) is 2.43. The summed E-state index contributed by atoms with van der Waals surface area (Å²) >= 11 is 0. The van der Waals surface area contributed by atoms with E-state index < -0.39 is 15.8 Å². The molecule has 2 heterocycles. The van der Waals surface area contributed by atoms with E-state index in [1.165, 1.54) is 25.3 Å². The van der Waals surface area contributed by atoms with Crippen molar-refractivity contribution in [3.63, 3.8) is 0 Å². The Morgan fingerprint density at radius 2 is 2.26 bits per heavy atom. The summed E-state index contributed by atoms with van der Waals surface area (Å²) in [6, 6.07) is 2.54. The molecule has 0 aromatic carbocycles. The molecule has 19 heavy (non-hydrogen) atoms. The second-order valence-corrected chi connectivity index (χ2v) is 5.45. The number of hydrogen-bond acceptors (Lipinski definition) is 5. The summed E-state index contributed by atoms with van der Waals surface area (Å²) in [6.07, 6.45) is 2.21. The molecule has 2 rings (SSSR count). The summed E-state index contributed by atoms with van der Waals surface area (Å²) in [7, 11) is -3.92. The number of pyridine rings is 1. The van der Waals surface area contributed by atoms with Crippen LogP contribution in [0.4, 0.5) is 10.1 Å². The van der Waals surface area contributed by atoms with Gasteiger partial charge in [0.25, 0.3) is 10.0 Å². The van der Waals surface area contributed by atoms with Crippen LogP contribution in [0.5, 0.6) is 0 Å². The number of rotatable bonds is 4. The Bertz CT molecular complexity index is 697. The van der Waals surface area contributed by atoms with Crippen LogP contribution in [-0.2, 0) is 16.6 Å². The highest BCUT2D eigenvalue weighted by Crippen LogP contribution is 2.23. The van der Waals surface area contributed by atoms with E-state index in [4.69, 9.17) is 10.2 Å². The molecular formula is C11H12FN3O3S. The zero-order valence-corrected chi connectivity index (χ0v) is 10.9. The van der Waals surface area contributed by atoms with Crippen molar-refractivity contribution in [2.75, 3.05) is 4.72 Å². The summed E-state index contributed by atoms with van der Waals surface area (Å²) in [5, 5.41) is 0. The van der Waals surface area contributed by atoms with Crippen molar-refractivity contribution < 1.29 is 17.2 Å². The number of sulfonamides is 1. The summed E-state index contributed by atoms with van der Waals surface area (Å²) in [4.78, 5) is 3.47. The molecule has 3 N–H and O–H groups in total. The maximum atomic E-state index is 13.4. The monoisotopic (exact) mass is 285 g/mol. The number of halogens is 1. The van der Waals surface area contributed by atoms with Crippen molar-refractivity contribution in [2.24, 2.45) is 5.73 Å². The molecule has 0 aliphatic rings. The fourth-order valence-corrected chi connectivity index (χ4v) is 2.82. The van der Waals surface area contributed by atoms with Gasteiger partial charge in [-0.1, -0.05) is 0 Å². The van der Waals surface area contributed by atoms with Crippen molar-refractivity contribution in [1.82, 2.24) is 4.98 Å². The molecule has 2 aromatic heterocycles. The van der Waals surface area contributed by atoms with Gasteiger partial charge in [-0.05, 0) is 13.0 Å². The molecule has 0 aliphatic heterocycles. The van der Waals surface area contributed by atoms with E-state index in [1.54, 1.807) is 0 Å². The topological polar surface area (TPSA) is 98.2 Å². The van der Waals surface area contributed by atoms with E-state index in [0.29, 0.717) is 5.76 Å². The maximum absolute atomic E-state index is 13.4. The number of nitrogens with zero attached hydrogens (tertiary/aromatic N) is 1. The number of nitrogens with two attached hydrogens (primary N) is 1. The minimum Gasteiger partial charge on any atom is -0.464 e. The lowest BCUT2D eigenvalue weighted by Crippen LogP contribution is -2.14. The smallest absolute Gasteiger partial charge is 0.265 e. The van der Waals surface area contributed by atoms with Crippen molar-refractivity contribution >= 4 is 15.7 Å². The van der Waals surface area contributed by atoms with Crippen molar-refractivity contribution in [3.8, 4) is 0 Å². The first-order valence-corrected chi connectivity index (χ1v) is 6.84. The van der Waals surface area contributed by atoms with E-state index in [0.717, 1.165) is 6.20 Å². The first kappa shape index (κ1) is 13.5. The largest absolute Gasteiger partial charge is 0.464 e. The lowest BCUT2D eigenvalue weighted by Gasteiger charge is -2.07. The van der Waals surface area contributed by atoms with Crippen molar-refractivity contribution in [3.05, 3.63) is 41.9 Å². The molecule has 8 heteroatoms. The lowest BCUT2D eigenvalue weighted by atomic mass is 10.4. The summed E-state index contributed by atoms with van der Waals surface area (Å²) < 4.78 is 44.9. The first-order chi connectivity index (χ1) is 8.94. The van der Waals surface area contributed by atoms with Crippen LogP contribution in [0.3, 0.4) is 0 Å². The third kappa shape index (κ3) is 2.74. The molecule has 2 aromatic rings. The SMILES string of the molecule is Cc1oc(CN)cc1S(=O)(=O)Nc1ccncc1F. The van der Waals surface area contributed by atoms with Crippen molar-refractivity contribution in [2.45, 2.75) is 18.4 Å². The van der Waals surface area contributed by atoms with Gasteiger partial charge >= 0.3 is 0 Å². The van der Waals surface area contributed by atoms with Gasteiger partial charge in [0.05, 0.1) is 18.4 Å². The molecule has 0 spiro atoms. The van der Waals surface area contributed by atoms with Gasteiger partial charge < -0.3 is 10.2 Å². The highest BCUT2D eigenvalue weighted by molar-refractivity contribution is 7.92. The van der Waals surface area contributed by atoms with Crippen LogP contribution >= 0.6 is 0 Å². The number of aryl methyl sites for hydroxylation is 1. The first-order valence-electron chi connectivity index (χ1n) is 5.36. The van der Waals surface area contributed by atoms with Gasteiger partial charge in [0.2, 0.25) is 0 Å². The minimum absolute atomic E-state index is 0.0656. The summed E-state index contributed by atoms with van der Waals surface area (Å²) in [6.45, 7) is 1.58. The second kappa shape index (κ2) is 4.98. The highest BCUT2D eigenvalue weighted by atomic mass is 32.2. The predicted octanol–water partition coefficient (Wildman–Crippen LogP) is 1.38. The average Bonchev–Trinajstić information content (AvgIpc) is 2.74. The molecule has 102 valence electrons. The number of aromatic nitrogens is 1. The van der Waals surface area contributed by atoms with Gasteiger partial charge in [-0.25, -0.2) is 12.8 Å². The molecule has 0 saturated heterocycles. The quantitative estimate of drug-likeness (QED) is 0.884. The van der Waals surface area contributed by atoms with Crippen LogP contribution < -0.4 is 10.5 Å². The van der Waals surface area contributed by atoms with E-state index in [-0.39, 0.29) is 22.9 Å². The Labute approximate surface area is 109 Å². The maximum Gasteiger partial charge on any atom is 0.265 e. The van der Waals surface area contributed by atoms with Crippen LogP contribution in [0.1, 0.15) is 11.5 Å². The van der Waals surface area contributed by atoms with E-state index in [9.17, 15) is 12.8 Å². The Balaban J connectivity index is 2.38. The molecule has 6 nitrogen and oxygen atoms in total. The van der Waals surface area contributed by atoms with Gasteiger partial charge in [-0.2, -0.15) is 0 Å². The standard InChI is InChI=1S/C11H12FN3O3S/c1-7-11(4-8(5-13)18-7)19(16,17)15-10-2-3-14-6-9(10)12/h2-4,6H,5,13H2,1H3,(H,14,15). The molecule has 0 atom stereocenters. The normalized spacial score (nSPS) is 11.5. The van der Waals surface area contributed by atoms with Gasteiger partial charge in [0.1, 0.15) is 16.4 Å². The Morgan fingerprint density at radius 1 is 1.53 bits per heavy atom. The van der Waals surface area contributed by atoms with Gasteiger partial charge in [0, 0.05) is 12.3 Å². The second-order valence-electron chi connectivity index (χ2n) is 3.80. The lowest BCUT2D eigenvalue weighted by molar-refractivity contribution is 0.479. The van der Waals surface area contributed by atoms with Crippen molar-refractivity contribution in [1.29, 1.82) is 0 Å². The number of hydrogen-bond donors (Lipinski definition) is 2. The van der Waals surface area contributed by atoms with Gasteiger partial charge in [0.15, 0.2) is 5.82 Å². The van der Waals surface area contributed by atoms with E-state index in [2.05, 4.69) is 9.71 Å². The van der Waals surface area contributed by atoms with E-state index >= 15 is 0 Å². The zero-order valence-electron chi connectivity index (χ0n) is 10.1. The molecule has 0 unspecified atom stereocenters. The average molecular weight is 285 g/mol. The molecule has 0 aliphatic carbocycles. The molecule has 0 amide bonds. The molecule has 0 radical (unpaired) electrons. The highest BCUT2D eigenvalue weighted by Gasteiger charge is 2.22. The molecule has 0 bridgehead atoms. The summed E-state index contributed by atoms with van der Waals surface area (Å²) in [5.74, 6) is -0.221. The number of furan rings is 1. The van der Waals surface area contributed by atoms with Crippen LogP contribution in [-0.4, -0.2) is 13.4 Å². The Kier molecular flexibility index (Phi) is 3.54. The van der Waals surface area contributed by atoms with Crippen LogP contribution in [0.2, 0.25) is 0 Å². The van der Waals surface area contributed by atoms with Crippen LogP contribution in [0, 0.1) is 12.7 Å². The van der Waals surface area contributed by atoms with E-state index in [1.807, 2.05) is 0 Å². The number of nitrogens with one attached hydrogen (secondary N) is 1. The number of anilines is 1. The Morgan fingerprint density at radius 3 is 2.84 bits per heavy atom. The fraction of sp³-hybridized carbons (Fsp3) is 0.182. The minimum atomic E-state index is -3.92.